The molecule has 0 saturated heterocycles. The maximum atomic E-state index is 12.4. The van der Waals surface area contributed by atoms with E-state index in [9.17, 15) is 9.90 Å². The molecule has 21 heavy (non-hydrogen) atoms. The van der Waals surface area contributed by atoms with Gasteiger partial charge >= 0.3 is 0 Å². The summed E-state index contributed by atoms with van der Waals surface area (Å²) >= 11 is 0. The Kier molecular flexibility index (Phi) is 4.53. The second-order valence-corrected chi connectivity index (χ2v) is 5.56. The minimum Gasteiger partial charge on any atom is -0.399 e. The standard InChI is InChI=1S/C16H23N3O2/c1-3-16(4-2,10-20)9-19-15(21)13-8-18-14-6-5-11(17)7-12(13)14/h5-8,18,20H,3-4,9-10,17H2,1-2H3,(H,19,21). The third kappa shape index (κ3) is 3.03. The molecule has 0 saturated carbocycles. The number of fused-ring (bicyclic) bond motifs is 1. The number of nitrogens with one attached hydrogen (secondary N) is 2. The van der Waals surface area contributed by atoms with E-state index in [-0.39, 0.29) is 17.9 Å². The van der Waals surface area contributed by atoms with Crippen molar-refractivity contribution in [3.63, 3.8) is 0 Å². The van der Waals surface area contributed by atoms with Crippen LogP contribution in [0.25, 0.3) is 10.9 Å². The van der Waals surface area contributed by atoms with E-state index in [4.69, 9.17) is 5.73 Å². The van der Waals surface area contributed by atoms with Crippen LogP contribution in [-0.4, -0.2) is 29.1 Å². The van der Waals surface area contributed by atoms with Gasteiger partial charge in [0.2, 0.25) is 0 Å². The molecule has 114 valence electrons. The van der Waals surface area contributed by atoms with Crippen LogP contribution in [0.3, 0.4) is 0 Å². The molecule has 0 atom stereocenters. The van der Waals surface area contributed by atoms with Crippen LogP contribution in [0.5, 0.6) is 0 Å². The number of aromatic nitrogens is 1. The van der Waals surface area contributed by atoms with Gasteiger partial charge in [0.1, 0.15) is 0 Å². The van der Waals surface area contributed by atoms with Crippen molar-refractivity contribution < 1.29 is 9.90 Å². The van der Waals surface area contributed by atoms with Crippen LogP contribution in [0.4, 0.5) is 5.69 Å². The smallest absolute Gasteiger partial charge is 0.253 e. The molecule has 5 heteroatoms. The summed E-state index contributed by atoms with van der Waals surface area (Å²) < 4.78 is 0. The molecular formula is C16H23N3O2. The van der Waals surface area contributed by atoms with E-state index >= 15 is 0 Å². The summed E-state index contributed by atoms with van der Waals surface area (Å²) in [6.45, 7) is 4.59. The third-order valence-electron chi connectivity index (χ3n) is 4.41. The first kappa shape index (κ1) is 15.4. The molecule has 0 aliphatic carbocycles. The lowest BCUT2D eigenvalue weighted by atomic mass is 9.83. The Hall–Kier alpha value is -2.01. The Morgan fingerprint density at radius 1 is 1.38 bits per heavy atom. The molecule has 0 aliphatic rings. The molecule has 5 nitrogen and oxygen atoms in total. The molecule has 1 aromatic carbocycles. The van der Waals surface area contributed by atoms with Crippen LogP contribution in [0.15, 0.2) is 24.4 Å². The fourth-order valence-electron chi connectivity index (χ4n) is 2.47. The number of benzene rings is 1. The first-order valence-corrected chi connectivity index (χ1v) is 7.31. The molecule has 0 unspecified atom stereocenters. The van der Waals surface area contributed by atoms with E-state index in [0.717, 1.165) is 23.7 Å². The summed E-state index contributed by atoms with van der Waals surface area (Å²) in [5.41, 5.74) is 7.62. The molecule has 2 rings (SSSR count). The van der Waals surface area contributed by atoms with E-state index in [2.05, 4.69) is 10.3 Å². The molecule has 1 aromatic heterocycles. The second-order valence-electron chi connectivity index (χ2n) is 5.56. The molecule has 0 fully saturated rings. The fraction of sp³-hybridized carbons (Fsp3) is 0.438. The summed E-state index contributed by atoms with van der Waals surface area (Å²) in [6, 6.07) is 5.45. The zero-order valence-corrected chi connectivity index (χ0v) is 12.6. The Labute approximate surface area is 124 Å². The van der Waals surface area contributed by atoms with Gasteiger partial charge in [-0.05, 0) is 31.0 Å². The number of amides is 1. The number of nitrogen functional groups attached to an aromatic ring is 1. The fourth-order valence-corrected chi connectivity index (χ4v) is 2.47. The average Bonchev–Trinajstić information content (AvgIpc) is 2.92. The Balaban J connectivity index is 2.17. The molecule has 0 radical (unpaired) electrons. The number of H-pyrrole nitrogens is 1. The minimum atomic E-state index is -0.249. The number of carbonyl (C=O) groups excluding carboxylic acids is 1. The van der Waals surface area contributed by atoms with Crippen LogP contribution in [0, 0.1) is 5.41 Å². The van der Waals surface area contributed by atoms with E-state index < -0.39 is 0 Å². The molecule has 2 aromatic rings. The highest BCUT2D eigenvalue weighted by atomic mass is 16.3. The molecular weight excluding hydrogens is 266 g/mol. The van der Waals surface area contributed by atoms with Crippen LogP contribution in [0.1, 0.15) is 37.0 Å². The number of carbonyl (C=O) groups is 1. The first-order chi connectivity index (χ1) is 10.0. The summed E-state index contributed by atoms with van der Waals surface area (Å²) in [6.07, 6.45) is 3.33. The number of aromatic amines is 1. The van der Waals surface area contributed by atoms with Gasteiger partial charge in [0, 0.05) is 34.7 Å². The quantitative estimate of drug-likeness (QED) is 0.615. The lowest BCUT2D eigenvalue weighted by Gasteiger charge is -2.29. The SMILES string of the molecule is CCC(CC)(CO)CNC(=O)c1c[nH]c2ccc(N)cc12. The van der Waals surface area contributed by atoms with Gasteiger partial charge < -0.3 is 21.1 Å². The van der Waals surface area contributed by atoms with E-state index in [1.807, 2.05) is 19.9 Å². The molecule has 1 heterocycles. The van der Waals surface area contributed by atoms with Gasteiger partial charge in [0.15, 0.2) is 0 Å². The number of nitrogens with two attached hydrogens (primary N) is 1. The van der Waals surface area contributed by atoms with Crippen molar-refractivity contribution in [3.05, 3.63) is 30.0 Å². The zero-order chi connectivity index (χ0) is 15.5. The number of aliphatic hydroxyl groups is 1. The zero-order valence-electron chi connectivity index (χ0n) is 12.6. The highest BCUT2D eigenvalue weighted by Crippen LogP contribution is 2.25. The Morgan fingerprint density at radius 2 is 2.10 bits per heavy atom. The molecule has 5 N–H and O–H groups in total. The molecule has 0 spiro atoms. The Morgan fingerprint density at radius 3 is 2.71 bits per heavy atom. The van der Waals surface area contributed by atoms with Crippen molar-refractivity contribution >= 4 is 22.5 Å². The highest BCUT2D eigenvalue weighted by molar-refractivity contribution is 6.07. The average molecular weight is 289 g/mol. The molecule has 1 amide bonds. The molecule has 0 aliphatic heterocycles. The topological polar surface area (TPSA) is 91.1 Å². The highest BCUT2D eigenvalue weighted by Gasteiger charge is 2.26. The van der Waals surface area contributed by atoms with Gasteiger partial charge in [-0.25, -0.2) is 0 Å². The van der Waals surface area contributed by atoms with Crippen molar-refractivity contribution in [2.45, 2.75) is 26.7 Å². The lowest BCUT2D eigenvalue weighted by molar-refractivity contribution is 0.0852. The number of anilines is 1. The van der Waals surface area contributed by atoms with Crippen LogP contribution in [-0.2, 0) is 0 Å². The number of hydrogen-bond acceptors (Lipinski definition) is 3. The second kappa shape index (κ2) is 6.18. The molecule has 0 bridgehead atoms. The van der Waals surface area contributed by atoms with Gasteiger partial charge in [-0.15, -0.1) is 0 Å². The van der Waals surface area contributed by atoms with E-state index in [1.54, 1.807) is 18.3 Å². The monoisotopic (exact) mass is 289 g/mol. The summed E-state index contributed by atoms with van der Waals surface area (Å²) in [5.74, 6) is -0.147. The number of hydrogen-bond donors (Lipinski definition) is 4. The van der Waals surface area contributed by atoms with Gasteiger partial charge in [0.25, 0.3) is 5.91 Å². The van der Waals surface area contributed by atoms with Crippen molar-refractivity contribution in [2.75, 3.05) is 18.9 Å². The van der Waals surface area contributed by atoms with Crippen molar-refractivity contribution in [1.82, 2.24) is 10.3 Å². The van der Waals surface area contributed by atoms with E-state index in [1.165, 1.54) is 0 Å². The van der Waals surface area contributed by atoms with Crippen LogP contribution >= 0.6 is 0 Å². The van der Waals surface area contributed by atoms with Crippen molar-refractivity contribution in [3.8, 4) is 0 Å². The van der Waals surface area contributed by atoms with Crippen LogP contribution < -0.4 is 11.1 Å². The summed E-state index contributed by atoms with van der Waals surface area (Å²) in [4.78, 5) is 15.4. The Bertz CT molecular complexity index is 621. The normalized spacial score (nSPS) is 11.8. The predicted octanol–water partition coefficient (Wildman–Crippen LogP) is 2.28. The maximum Gasteiger partial charge on any atom is 0.253 e. The lowest BCUT2D eigenvalue weighted by Crippen LogP contribution is -2.39. The van der Waals surface area contributed by atoms with Gasteiger partial charge in [-0.3, -0.25) is 4.79 Å². The number of rotatable bonds is 6. The number of aliphatic hydroxyl groups excluding tert-OH is 1. The minimum absolute atomic E-state index is 0.0705. The predicted molar refractivity (Wildman–Crippen MR) is 85.1 cm³/mol. The van der Waals surface area contributed by atoms with Gasteiger partial charge in [-0.1, -0.05) is 13.8 Å². The largest absolute Gasteiger partial charge is 0.399 e. The summed E-state index contributed by atoms with van der Waals surface area (Å²) in [5, 5.41) is 13.3. The summed E-state index contributed by atoms with van der Waals surface area (Å²) in [7, 11) is 0. The first-order valence-electron chi connectivity index (χ1n) is 7.31. The maximum absolute atomic E-state index is 12.4. The van der Waals surface area contributed by atoms with Gasteiger partial charge in [0.05, 0.1) is 12.2 Å². The van der Waals surface area contributed by atoms with Crippen molar-refractivity contribution in [1.29, 1.82) is 0 Å². The van der Waals surface area contributed by atoms with Gasteiger partial charge in [-0.2, -0.15) is 0 Å². The van der Waals surface area contributed by atoms with Crippen LogP contribution in [0.2, 0.25) is 0 Å². The third-order valence-corrected chi connectivity index (χ3v) is 4.41. The van der Waals surface area contributed by atoms with E-state index in [0.29, 0.717) is 17.8 Å². The van der Waals surface area contributed by atoms with Crippen molar-refractivity contribution in [2.24, 2.45) is 5.41 Å².